The first-order valence-corrected chi connectivity index (χ1v) is 12.2. The monoisotopic (exact) mass is 458 g/mol. The van der Waals surface area contributed by atoms with E-state index in [0.717, 1.165) is 48.9 Å². The smallest absolute Gasteiger partial charge is 0.142 e. The fourth-order valence-electron chi connectivity index (χ4n) is 4.98. The standard InChI is InChI=1S/C32H30N2O/c1-31(2,3)23-14-22-12-20-9-7-19-11-18-8-10-21-13-24(32(4,5)6)17-33-28(21)25(18)16-26(19)29(20)34-30(22)27(35)15-23/h7-17,35H,1-6H3. The molecule has 0 atom stereocenters. The SMILES string of the molecule is CC(C)(C)c1cc(O)c2nc3c(ccc4cc5ccc6cc(C(C)(C)C)cnc6c5cc43)cc2c1. The molecule has 2 aromatic heterocycles. The summed E-state index contributed by atoms with van der Waals surface area (Å²) in [6.45, 7) is 13.1. The van der Waals surface area contributed by atoms with Crippen LogP contribution in [0.3, 0.4) is 0 Å². The van der Waals surface area contributed by atoms with Gasteiger partial charge in [0.1, 0.15) is 11.3 Å². The van der Waals surface area contributed by atoms with Crippen molar-refractivity contribution in [2.45, 2.75) is 52.4 Å². The van der Waals surface area contributed by atoms with Crippen LogP contribution in [-0.2, 0) is 10.8 Å². The van der Waals surface area contributed by atoms with Crippen LogP contribution in [0.25, 0.3) is 54.3 Å². The van der Waals surface area contributed by atoms with Gasteiger partial charge < -0.3 is 5.11 Å². The van der Waals surface area contributed by atoms with E-state index in [1.807, 2.05) is 12.3 Å². The van der Waals surface area contributed by atoms with Gasteiger partial charge >= 0.3 is 0 Å². The van der Waals surface area contributed by atoms with E-state index in [1.165, 1.54) is 10.9 Å². The van der Waals surface area contributed by atoms with Crippen LogP contribution in [0.15, 0.2) is 66.9 Å². The number of hydrogen-bond donors (Lipinski definition) is 1. The summed E-state index contributed by atoms with van der Waals surface area (Å²) in [5.41, 5.74) is 4.88. The molecule has 174 valence electrons. The highest BCUT2D eigenvalue weighted by molar-refractivity contribution is 6.16. The van der Waals surface area contributed by atoms with E-state index >= 15 is 0 Å². The van der Waals surface area contributed by atoms with Crippen molar-refractivity contribution in [2.24, 2.45) is 0 Å². The number of nitrogens with zero attached hydrogens (tertiary/aromatic N) is 2. The Morgan fingerprint density at radius 1 is 0.543 bits per heavy atom. The second-order valence-electron chi connectivity index (χ2n) is 11.8. The number of benzene rings is 4. The second-order valence-corrected chi connectivity index (χ2v) is 11.8. The fraction of sp³-hybridized carbons (Fsp3) is 0.250. The van der Waals surface area contributed by atoms with Gasteiger partial charge in [-0.2, -0.15) is 0 Å². The number of rotatable bonds is 0. The molecule has 6 aromatic rings. The molecule has 2 heterocycles. The van der Waals surface area contributed by atoms with Crippen LogP contribution in [0, 0.1) is 0 Å². The van der Waals surface area contributed by atoms with E-state index in [9.17, 15) is 5.11 Å². The minimum atomic E-state index is -0.0517. The number of aromatic nitrogens is 2. The summed E-state index contributed by atoms with van der Waals surface area (Å²) >= 11 is 0. The molecule has 0 radical (unpaired) electrons. The van der Waals surface area contributed by atoms with Gasteiger partial charge in [-0.1, -0.05) is 65.8 Å². The van der Waals surface area contributed by atoms with Gasteiger partial charge in [0.2, 0.25) is 0 Å². The van der Waals surface area contributed by atoms with E-state index in [0.29, 0.717) is 5.52 Å². The lowest BCUT2D eigenvalue weighted by molar-refractivity contribution is 0.476. The minimum Gasteiger partial charge on any atom is -0.506 e. The first kappa shape index (κ1) is 21.8. The predicted molar refractivity (Wildman–Crippen MR) is 149 cm³/mol. The second kappa shape index (κ2) is 7.14. The molecule has 3 heteroatoms. The first-order chi connectivity index (χ1) is 16.5. The lowest BCUT2D eigenvalue weighted by atomic mass is 9.86. The van der Waals surface area contributed by atoms with Crippen molar-refractivity contribution in [3.8, 4) is 5.75 Å². The van der Waals surface area contributed by atoms with Crippen molar-refractivity contribution in [2.75, 3.05) is 0 Å². The van der Waals surface area contributed by atoms with Crippen LogP contribution in [0.4, 0.5) is 0 Å². The summed E-state index contributed by atoms with van der Waals surface area (Å²) in [5.74, 6) is 0.231. The Labute approximate surface area is 205 Å². The molecule has 35 heavy (non-hydrogen) atoms. The van der Waals surface area contributed by atoms with Gasteiger partial charge in [0.05, 0.1) is 11.0 Å². The zero-order valence-corrected chi connectivity index (χ0v) is 21.2. The van der Waals surface area contributed by atoms with E-state index < -0.39 is 0 Å². The maximum absolute atomic E-state index is 10.9. The minimum absolute atomic E-state index is 0.0512. The molecule has 0 spiro atoms. The van der Waals surface area contributed by atoms with Crippen molar-refractivity contribution < 1.29 is 5.11 Å². The molecular formula is C32H30N2O. The highest BCUT2D eigenvalue weighted by atomic mass is 16.3. The molecule has 0 aliphatic carbocycles. The average Bonchev–Trinajstić information content (AvgIpc) is 2.80. The van der Waals surface area contributed by atoms with E-state index in [1.54, 1.807) is 0 Å². The van der Waals surface area contributed by atoms with Crippen LogP contribution in [0.2, 0.25) is 0 Å². The van der Waals surface area contributed by atoms with E-state index in [2.05, 4.69) is 96.1 Å². The summed E-state index contributed by atoms with van der Waals surface area (Å²) < 4.78 is 0. The Kier molecular flexibility index (Phi) is 4.45. The number of phenols is 1. The van der Waals surface area contributed by atoms with Crippen LogP contribution in [0.1, 0.15) is 52.7 Å². The Hall–Kier alpha value is -3.72. The maximum atomic E-state index is 10.9. The summed E-state index contributed by atoms with van der Waals surface area (Å²) in [6, 6.07) is 21.5. The third kappa shape index (κ3) is 3.49. The molecule has 4 aromatic carbocycles. The summed E-state index contributed by atoms with van der Waals surface area (Å²) in [4.78, 5) is 9.89. The van der Waals surface area contributed by atoms with Crippen molar-refractivity contribution >= 4 is 54.3 Å². The number of aromatic hydroxyl groups is 1. The molecule has 0 aliphatic rings. The van der Waals surface area contributed by atoms with Gasteiger partial charge in [-0.3, -0.25) is 4.98 Å². The molecule has 0 amide bonds. The third-order valence-electron chi connectivity index (χ3n) is 7.19. The van der Waals surface area contributed by atoms with E-state index in [-0.39, 0.29) is 16.6 Å². The number of hydrogen-bond acceptors (Lipinski definition) is 3. The van der Waals surface area contributed by atoms with Gasteiger partial charge in [-0.15, -0.1) is 0 Å². The van der Waals surface area contributed by atoms with Crippen LogP contribution < -0.4 is 0 Å². The van der Waals surface area contributed by atoms with Gasteiger partial charge in [-0.05, 0) is 69.1 Å². The molecule has 0 unspecified atom stereocenters. The largest absolute Gasteiger partial charge is 0.506 e. The van der Waals surface area contributed by atoms with Crippen LogP contribution >= 0.6 is 0 Å². The molecule has 0 saturated heterocycles. The Balaban J connectivity index is 1.66. The normalized spacial score (nSPS) is 13.0. The number of phenolic OH excluding ortho intramolecular Hbond substituents is 1. The maximum Gasteiger partial charge on any atom is 0.142 e. The van der Waals surface area contributed by atoms with Crippen LogP contribution in [-0.4, -0.2) is 15.1 Å². The molecule has 0 bridgehead atoms. The predicted octanol–water partition coefficient (Wildman–Crippen LogP) is 8.54. The molecule has 6 rings (SSSR count). The zero-order valence-electron chi connectivity index (χ0n) is 21.2. The van der Waals surface area contributed by atoms with Crippen LogP contribution in [0.5, 0.6) is 5.75 Å². The van der Waals surface area contributed by atoms with Gasteiger partial charge in [0, 0.05) is 33.1 Å². The van der Waals surface area contributed by atoms with Crippen molar-refractivity contribution in [3.63, 3.8) is 0 Å². The Morgan fingerprint density at radius 2 is 1.09 bits per heavy atom. The third-order valence-corrected chi connectivity index (χ3v) is 7.19. The first-order valence-electron chi connectivity index (χ1n) is 12.2. The highest BCUT2D eigenvalue weighted by Crippen LogP contribution is 2.37. The molecule has 1 N–H and O–H groups in total. The van der Waals surface area contributed by atoms with Crippen molar-refractivity contribution in [3.05, 3.63) is 78.0 Å². The van der Waals surface area contributed by atoms with Gasteiger partial charge in [0.15, 0.2) is 0 Å². The van der Waals surface area contributed by atoms with E-state index in [4.69, 9.17) is 9.97 Å². The van der Waals surface area contributed by atoms with Crippen molar-refractivity contribution in [1.29, 1.82) is 0 Å². The zero-order chi connectivity index (χ0) is 24.7. The van der Waals surface area contributed by atoms with Gasteiger partial charge in [-0.25, -0.2) is 4.98 Å². The number of fused-ring (bicyclic) bond motifs is 7. The molecule has 0 aliphatic heterocycles. The summed E-state index contributed by atoms with van der Waals surface area (Å²) in [5, 5.41) is 18.6. The fourth-order valence-corrected chi connectivity index (χ4v) is 4.98. The average molecular weight is 459 g/mol. The lowest BCUT2D eigenvalue weighted by Gasteiger charge is -2.20. The summed E-state index contributed by atoms with van der Waals surface area (Å²) in [6.07, 6.45) is 2.01. The van der Waals surface area contributed by atoms with Crippen molar-refractivity contribution in [1.82, 2.24) is 9.97 Å². The van der Waals surface area contributed by atoms with Gasteiger partial charge in [0.25, 0.3) is 0 Å². The quantitative estimate of drug-likeness (QED) is 0.183. The molecule has 0 saturated carbocycles. The molecule has 3 nitrogen and oxygen atoms in total. The molecular weight excluding hydrogens is 428 g/mol. The Morgan fingerprint density at radius 3 is 1.74 bits per heavy atom. The Bertz CT molecular complexity index is 1820. The topological polar surface area (TPSA) is 46.0 Å². The number of pyridine rings is 2. The lowest BCUT2D eigenvalue weighted by Crippen LogP contribution is -2.11. The molecule has 0 fully saturated rings. The highest BCUT2D eigenvalue weighted by Gasteiger charge is 2.18. The summed E-state index contributed by atoms with van der Waals surface area (Å²) in [7, 11) is 0.